The molecule has 0 bridgehead atoms. The number of para-hydroxylation sites is 1. The summed E-state index contributed by atoms with van der Waals surface area (Å²) >= 11 is 0. The van der Waals surface area contributed by atoms with Crippen molar-refractivity contribution >= 4 is 20.9 Å². The summed E-state index contributed by atoms with van der Waals surface area (Å²) in [4.78, 5) is 3.62. The molecule has 132 valence electrons. The number of aromatic amines is 1. The van der Waals surface area contributed by atoms with Crippen LogP contribution in [-0.2, 0) is 16.4 Å². The SMILES string of the molecule is COc1ccc(S(=O)(=O)NCCc2c(C)[nH]c3ccccc23)c(C)c1. The summed E-state index contributed by atoms with van der Waals surface area (Å²) in [6.45, 7) is 4.12. The van der Waals surface area contributed by atoms with Crippen molar-refractivity contribution in [2.45, 2.75) is 25.2 Å². The minimum atomic E-state index is -3.55. The Labute approximate surface area is 148 Å². The monoisotopic (exact) mass is 358 g/mol. The summed E-state index contributed by atoms with van der Waals surface area (Å²) in [5.74, 6) is 0.644. The number of benzene rings is 2. The number of nitrogens with one attached hydrogen (secondary N) is 2. The number of sulfonamides is 1. The Morgan fingerprint density at radius 2 is 1.88 bits per heavy atom. The summed E-state index contributed by atoms with van der Waals surface area (Å²) in [5, 5.41) is 1.14. The van der Waals surface area contributed by atoms with Crippen molar-refractivity contribution in [3.63, 3.8) is 0 Å². The molecule has 0 radical (unpaired) electrons. The third-order valence-electron chi connectivity index (χ3n) is 4.37. The van der Waals surface area contributed by atoms with Crippen molar-refractivity contribution in [3.8, 4) is 5.75 Å². The summed E-state index contributed by atoms with van der Waals surface area (Å²) in [5.41, 5.74) is 3.95. The number of methoxy groups -OCH3 is 1. The molecular formula is C19H22N2O3S. The fourth-order valence-electron chi connectivity index (χ4n) is 3.10. The van der Waals surface area contributed by atoms with E-state index in [1.165, 1.54) is 0 Å². The Hall–Kier alpha value is -2.31. The van der Waals surface area contributed by atoms with E-state index < -0.39 is 10.0 Å². The van der Waals surface area contributed by atoms with Crippen LogP contribution in [0.4, 0.5) is 0 Å². The molecule has 0 amide bonds. The van der Waals surface area contributed by atoms with Gasteiger partial charge >= 0.3 is 0 Å². The van der Waals surface area contributed by atoms with Gasteiger partial charge in [0.15, 0.2) is 0 Å². The summed E-state index contributed by atoms with van der Waals surface area (Å²) in [6, 6.07) is 13.0. The first-order valence-electron chi connectivity index (χ1n) is 8.13. The minimum absolute atomic E-state index is 0.281. The Bertz CT molecular complexity index is 1010. The van der Waals surface area contributed by atoms with Gasteiger partial charge in [-0.25, -0.2) is 13.1 Å². The second-order valence-electron chi connectivity index (χ2n) is 6.05. The standard InChI is InChI=1S/C19H22N2O3S/c1-13-12-15(24-3)8-9-19(13)25(22,23)20-11-10-16-14(2)21-18-7-5-4-6-17(16)18/h4-9,12,20-21H,10-11H2,1-3H3. The van der Waals surface area contributed by atoms with Gasteiger partial charge < -0.3 is 9.72 Å². The van der Waals surface area contributed by atoms with Gasteiger partial charge in [-0.05, 0) is 55.7 Å². The van der Waals surface area contributed by atoms with Gasteiger partial charge in [0.05, 0.1) is 12.0 Å². The number of aromatic nitrogens is 1. The lowest BCUT2D eigenvalue weighted by Gasteiger charge is -2.10. The highest BCUT2D eigenvalue weighted by atomic mass is 32.2. The maximum atomic E-state index is 12.6. The van der Waals surface area contributed by atoms with Crippen LogP contribution in [-0.4, -0.2) is 27.1 Å². The van der Waals surface area contributed by atoms with Crippen LogP contribution < -0.4 is 9.46 Å². The molecule has 0 aliphatic heterocycles. The van der Waals surface area contributed by atoms with E-state index in [0.717, 1.165) is 22.2 Å². The second-order valence-corrected chi connectivity index (χ2v) is 7.79. The first-order valence-corrected chi connectivity index (χ1v) is 9.61. The predicted molar refractivity (Wildman–Crippen MR) is 99.7 cm³/mol. The molecule has 6 heteroatoms. The molecule has 0 saturated carbocycles. The molecule has 0 aliphatic rings. The third kappa shape index (κ3) is 3.55. The van der Waals surface area contributed by atoms with Gasteiger partial charge in [-0.3, -0.25) is 0 Å². The molecule has 0 spiro atoms. The first kappa shape index (κ1) is 17.5. The number of hydrogen-bond acceptors (Lipinski definition) is 3. The molecule has 0 aliphatic carbocycles. The summed E-state index contributed by atoms with van der Waals surface area (Å²) < 4.78 is 33.0. The van der Waals surface area contributed by atoms with Gasteiger partial charge in [0.1, 0.15) is 5.75 Å². The van der Waals surface area contributed by atoms with Gasteiger partial charge in [0.25, 0.3) is 0 Å². The van der Waals surface area contributed by atoms with Crippen molar-refractivity contribution in [2.24, 2.45) is 0 Å². The van der Waals surface area contributed by atoms with Crippen molar-refractivity contribution < 1.29 is 13.2 Å². The molecule has 0 atom stereocenters. The Morgan fingerprint density at radius 1 is 1.12 bits per heavy atom. The van der Waals surface area contributed by atoms with E-state index in [9.17, 15) is 8.42 Å². The van der Waals surface area contributed by atoms with Crippen molar-refractivity contribution in [2.75, 3.05) is 13.7 Å². The molecule has 5 nitrogen and oxygen atoms in total. The topological polar surface area (TPSA) is 71.2 Å². The zero-order valence-corrected chi connectivity index (χ0v) is 15.4. The molecular weight excluding hydrogens is 336 g/mol. The predicted octanol–water partition coefficient (Wildman–Crippen LogP) is 3.31. The molecule has 0 fully saturated rings. The summed E-state index contributed by atoms with van der Waals surface area (Å²) in [6.07, 6.45) is 0.629. The molecule has 0 saturated heterocycles. The highest BCUT2D eigenvalue weighted by Gasteiger charge is 2.17. The van der Waals surface area contributed by atoms with E-state index in [0.29, 0.717) is 24.3 Å². The van der Waals surface area contributed by atoms with E-state index in [-0.39, 0.29) is 4.90 Å². The number of H-pyrrole nitrogens is 1. The molecule has 3 rings (SSSR count). The Morgan fingerprint density at radius 3 is 2.60 bits per heavy atom. The maximum Gasteiger partial charge on any atom is 0.240 e. The van der Waals surface area contributed by atoms with Crippen molar-refractivity contribution in [1.82, 2.24) is 9.71 Å². The van der Waals surface area contributed by atoms with Gasteiger partial charge in [-0.15, -0.1) is 0 Å². The van der Waals surface area contributed by atoms with Gasteiger partial charge in [0.2, 0.25) is 10.0 Å². The second kappa shape index (κ2) is 6.90. The van der Waals surface area contributed by atoms with Gasteiger partial charge in [-0.2, -0.15) is 0 Å². The molecule has 3 aromatic rings. The van der Waals surface area contributed by atoms with Crippen LogP contribution in [0.1, 0.15) is 16.8 Å². The van der Waals surface area contributed by atoms with Crippen LogP contribution in [0.15, 0.2) is 47.4 Å². The molecule has 1 aromatic heterocycles. The van der Waals surface area contributed by atoms with Crippen LogP contribution >= 0.6 is 0 Å². The van der Waals surface area contributed by atoms with Crippen LogP contribution in [0, 0.1) is 13.8 Å². The van der Waals surface area contributed by atoms with E-state index in [2.05, 4.69) is 15.8 Å². The van der Waals surface area contributed by atoms with E-state index in [1.807, 2.05) is 25.1 Å². The number of aryl methyl sites for hydroxylation is 2. The lowest BCUT2D eigenvalue weighted by atomic mass is 10.1. The van der Waals surface area contributed by atoms with Crippen molar-refractivity contribution in [1.29, 1.82) is 0 Å². The average molecular weight is 358 g/mol. The fraction of sp³-hybridized carbons (Fsp3) is 0.263. The number of rotatable bonds is 6. The maximum absolute atomic E-state index is 12.6. The first-order chi connectivity index (χ1) is 11.9. The van der Waals surface area contributed by atoms with Gasteiger partial charge in [0, 0.05) is 23.1 Å². The number of hydrogen-bond donors (Lipinski definition) is 2. The zero-order chi connectivity index (χ0) is 18.0. The van der Waals surface area contributed by atoms with Crippen LogP contribution in [0.25, 0.3) is 10.9 Å². The lowest BCUT2D eigenvalue weighted by Crippen LogP contribution is -2.26. The largest absolute Gasteiger partial charge is 0.497 e. The van der Waals surface area contributed by atoms with Crippen LogP contribution in [0.3, 0.4) is 0 Å². The minimum Gasteiger partial charge on any atom is -0.497 e. The zero-order valence-electron chi connectivity index (χ0n) is 14.6. The lowest BCUT2D eigenvalue weighted by molar-refractivity contribution is 0.414. The van der Waals surface area contributed by atoms with Crippen LogP contribution in [0.2, 0.25) is 0 Å². The Kier molecular flexibility index (Phi) is 4.83. The van der Waals surface area contributed by atoms with Crippen LogP contribution in [0.5, 0.6) is 5.75 Å². The normalized spacial score (nSPS) is 11.8. The van der Waals surface area contributed by atoms with Gasteiger partial charge in [-0.1, -0.05) is 18.2 Å². The van der Waals surface area contributed by atoms with E-state index in [1.54, 1.807) is 32.2 Å². The highest BCUT2D eigenvalue weighted by molar-refractivity contribution is 7.89. The van der Waals surface area contributed by atoms with E-state index in [4.69, 9.17) is 4.74 Å². The fourth-order valence-corrected chi connectivity index (χ4v) is 4.35. The molecule has 2 aromatic carbocycles. The molecule has 0 unspecified atom stereocenters. The molecule has 1 heterocycles. The molecule has 25 heavy (non-hydrogen) atoms. The average Bonchev–Trinajstić information content (AvgIpc) is 2.90. The van der Waals surface area contributed by atoms with Crippen molar-refractivity contribution in [3.05, 3.63) is 59.3 Å². The Balaban J connectivity index is 1.75. The number of ether oxygens (including phenoxy) is 1. The third-order valence-corrected chi connectivity index (χ3v) is 5.99. The smallest absolute Gasteiger partial charge is 0.240 e. The molecule has 2 N–H and O–H groups in total. The quantitative estimate of drug-likeness (QED) is 0.710. The van der Waals surface area contributed by atoms with E-state index >= 15 is 0 Å². The number of fused-ring (bicyclic) bond motifs is 1. The highest BCUT2D eigenvalue weighted by Crippen LogP contribution is 2.23. The summed E-state index contributed by atoms with van der Waals surface area (Å²) in [7, 11) is -1.99.